The van der Waals surface area contributed by atoms with Crippen LogP contribution in [0.15, 0.2) is 0 Å². The minimum Gasteiger partial charge on any atom is -0.370 e. The van der Waals surface area contributed by atoms with E-state index >= 15 is 0 Å². The topological polar surface area (TPSA) is 35.0 Å². The summed E-state index contributed by atoms with van der Waals surface area (Å²) in [5.41, 5.74) is 1.68. The Labute approximate surface area is 120 Å². The standard InChI is InChI=1S/C15H23ClN2O/c1-5-12-11(3)17-14(18-13(12)16)15(19-4)8-6-10(2)7-9-15/h10H,5-9H2,1-4H3. The molecule has 1 aromatic rings. The predicted octanol–water partition coefficient (Wildman–Crippen LogP) is 4.05. The molecule has 0 bridgehead atoms. The highest BCUT2D eigenvalue weighted by Crippen LogP contribution is 2.41. The zero-order valence-corrected chi connectivity index (χ0v) is 13.0. The Morgan fingerprint density at radius 2 is 1.95 bits per heavy atom. The Hall–Kier alpha value is -0.670. The smallest absolute Gasteiger partial charge is 0.162 e. The van der Waals surface area contributed by atoms with E-state index in [1.165, 1.54) is 0 Å². The molecule has 2 rings (SSSR count). The predicted molar refractivity (Wildman–Crippen MR) is 77.5 cm³/mol. The van der Waals surface area contributed by atoms with Crippen molar-refractivity contribution < 1.29 is 4.74 Å². The molecule has 1 heterocycles. The van der Waals surface area contributed by atoms with Crippen molar-refractivity contribution >= 4 is 11.6 Å². The number of rotatable bonds is 3. The third-order valence-electron chi connectivity index (χ3n) is 4.40. The third-order valence-corrected chi connectivity index (χ3v) is 4.71. The van der Waals surface area contributed by atoms with Crippen LogP contribution in [0, 0.1) is 12.8 Å². The van der Waals surface area contributed by atoms with Gasteiger partial charge in [0.2, 0.25) is 0 Å². The largest absolute Gasteiger partial charge is 0.370 e. The summed E-state index contributed by atoms with van der Waals surface area (Å²) in [6, 6.07) is 0. The molecule has 0 spiro atoms. The summed E-state index contributed by atoms with van der Waals surface area (Å²) in [6.45, 7) is 6.37. The van der Waals surface area contributed by atoms with E-state index in [-0.39, 0.29) is 5.60 Å². The quantitative estimate of drug-likeness (QED) is 0.785. The van der Waals surface area contributed by atoms with Crippen molar-refractivity contribution in [3.63, 3.8) is 0 Å². The van der Waals surface area contributed by atoms with E-state index in [2.05, 4.69) is 23.8 Å². The molecule has 1 aliphatic carbocycles. The van der Waals surface area contributed by atoms with Gasteiger partial charge in [-0.2, -0.15) is 0 Å². The molecule has 1 aromatic heterocycles. The maximum Gasteiger partial charge on any atom is 0.162 e. The van der Waals surface area contributed by atoms with Gasteiger partial charge < -0.3 is 4.74 Å². The molecular formula is C15H23ClN2O. The number of nitrogens with zero attached hydrogens (tertiary/aromatic N) is 2. The number of ether oxygens (including phenoxy) is 1. The molecule has 0 radical (unpaired) electrons. The van der Waals surface area contributed by atoms with Crippen LogP contribution in [0.2, 0.25) is 5.15 Å². The molecule has 0 aliphatic heterocycles. The highest BCUT2D eigenvalue weighted by atomic mass is 35.5. The fraction of sp³-hybridized carbons (Fsp3) is 0.733. The highest BCUT2D eigenvalue weighted by Gasteiger charge is 2.39. The minimum atomic E-state index is -0.340. The molecule has 3 nitrogen and oxygen atoms in total. The second-order valence-electron chi connectivity index (χ2n) is 5.64. The number of aromatic nitrogens is 2. The summed E-state index contributed by atoms with van der Waals surface area (Å²) < 4.78 is 5.81. The SMILES string of the molecule is CCc1c(C)nc(C2(OC)CCC(C)CC2)nc1Cl. The molecule has 0 atom stereocenters. The Balaban J connectivity index is 2.39. The first kappa shape index (κ1) is 14.7. The summed E-state index contributed by atoms with van der Waals surface area (Å²) in [5, 5.41) is 0.583. The maximum atomic E-state index is 6.29. The normalized spacial score (nSPS) is 27.5. The second-order valence-corrected chi connectivity index (χ2v) is 5.99. The molecule has 1 aliphatic rings. The van der Waals surface area contributed by atoms with E-state index in [1.54, 1.807) is 7.11 Å². The van der Waals surface area contributed by atoms with Crippen molar-refractivity contribution in [3.05, 3.63) is 22.2 Å². The van der Waals surface area contributed by atoms with Crippen molar-refractivity contribution in [3.8, 4) is 0 Å². The van der Waals surface area contributed by atoms with Crippen LogP contribution in [0.25, 0.3) is 0 Å². The Kier molecular flexibility index (Phi) is 4.46. The summed E-state index contributed by atoms with van der Waals surface area (Å²) >= 11 is 6.29. The molecule has 0 aromatic carbocycles. The number of hydrogen-bond donors (Lipinski definition) is 0. The molecule has 0 N–H and O–H groups in total. The second kappa shape index (κ2) is 5.76. The fourth-order valence-electron chi connectivity index (χ4n) is 2.91. The van der Waals surface area contributed by atoms with E-state index < -0.39 is 0 Å². The van der Waals surface area contributed by atoms with Crippen molar-refractivity contribution in [1.82, 2.24) is 9.97 Å². The van der Waals surface area contributed by atoms with Crippen LogP contribution in [0.3, 0.4) is 0 Å². The van der Waals surface area contributed by atoms with Gasteiger partial charge in [-0.15, -0.1) is 0 Å². The molecule has 0 amide bonds. The van der Waals surface area contributed by atoms with Gasteiger partial charge in [-0.05, 0) is 44.9 Å². The first-order valence-electron chi connectivity index (χ1n) is 7.11. The summed E-state index contributed by atoms with van der Waals surface area (Å²) in [5.74, 6) is 1.52. The fourth-order valence-corrected chi connectivity index (χ4v) is 3.26. The van der Waals surface area contributed by atoms with Gasteiger partial charge in [0.1, 0.15) is 10.8 Å². The van der Waals surface area contributed by atoms with E-state index in [0.717, 1.165) is 55.1 Å². The van der Waals surface area contributed by atoms with Gasteiger partial charge in [-0.3, -0.25) is 0 Å². The lowest BCUT2D eigenvalue weighted by molar-refractivity contribution is -0.0598. The Bertz CT molecular complexity index is 430. The summed E-state index contributed by atoms with van der Waals surface area (Å²) in [6.07, 6.45) is 5.13. The molecule has 19 heavy (non-hydrogen) atoms. The number of halogens is 1. The van der Waals surface area contributed by atoms with Gasteiger partial charge in [-0.1, -0.05) is 25.4 Å². The highest BCUT2D eigenvalue weighted by molar-refractivity contribution is 6.30. The first-order valence-corrected chi connectivity index (χ1v) is 7.49. The first-order chi connectivity index (χ1) is 9.02. The average Bonchev–Trinajstić information content (AvgIpc) is 2.39. The molecule has 106 valence electrons. The minimum absolute atomic E-state index is 0.340. The van der Waals surface area contributed by atoms with Crippen LogP contribution in [-0.4, -0.2) is 17.1 Å². The van der Waals surface area contributed by atoms with E-state index in [1.807, 2.05) is 6.92 Å². The van der Waals surface area contributed by atoms with Crippen molar-refractivity contribution in [2.45, 2.75) is 58.5 Å². The molecular weight excluding hydrogens is 260 g/mol. The monoisotopic (exact) mass is 282 g/mol. The van der Waals surface area contributed by atoms with E-state index in [4.69, 9.17) is 16.3 Å². The van der Waals surface area contributed by atoms with Gasteiger partial charge in [0.05, 0.1) is 0 Å². The Morgan fingerprint density at radius 3 is 2.42 bits per heavy atom. The number of methoxy groups -OCH3 is 1. The van der Waals surface area contributed by atoms with Gasteiger partial charge in [-0.25, -0.2) is 9.97 Å². The van der Waals surface area contributed by atoms with Crippen LogP contribution in [-0.2, 0) is 16.8 Å². The van der Waals surface area contributed by atoms with Crippen molar-refractivity contribution in [2.24, 2.45) is 5.92 Å². The molecule has 4 heteroatoms. The third kappa shape index (κ3) is 2.77. The number of aryl methyl sites for hydroxylation is 1. The zero-order valence-electron chi connectivity index (χ0n) is 12.3. The molecule has 0 unspecified atom stereocenters. The lowest BCUT2D eigenvalue weighted by Gasteiger charge is -2.37. The van der Waals surface area contributed by atoms with Crippen LogP contribution in [0.4, 0.5) is 0 Å². The van der Waals surface area contributed by atoms with Gasteiger partial charge >= 0.3 is 0 Å². The van der Waals surface area contributed by atoms with E-state index in [0.29, 0.717) is 5.15 Å². The lowest BCUT2D eigenvalue weighted by Crippen LogP contribution is -2.35. The van der Waals surface area contributed by atoms with Crippen LogP contribution < -0.4 is 0 Å². The molecule has 1 saturated carbocycles. The lowest BCUT2D eigenvalue weighted by atomic mass is 9.79. The number of hydrogen-bond acceptors (Lipinski definition) is 3. The van der Waals surface area contributed by atoms with Crippen molar-refractivity contribution in [1.29, 1.82) is 0 Å². The van der Waals surface area contributed by atoms with E-state index in [9.17, 15) is 0 Å². The summed E-state index contributed by atoms with van der Waals surface area (Å²) in [7, 11) is 1.76. The Morgan fingerprint density at radius 1 is 1.32 bits per heavy atom. The average molecular weight is 283 g/mol. The van der Waals surface area contributed by atoms with Crippen LogP contribution >= 0.6 is 11.6 Å². The zero-order chi connectivity index (χ0) is 14.0. The van der Waals surface area contributed by atoms with Gasteiger partial charge in [0.15, 0.2) is 5.82 Å². The van der Waals surface area contributed by atoms with Gasteiger partial charge in [0, 0.05) is 18.4 Å². The van der Waals surface area contributed by atoms with Crippen LogP contribution in [0.1, 0.15) is 56.6 Å². The molecule has 1 fully saturated rings. The molecule has 0 saturated heterocycles. The maximum absolute atomic E-state index is 6.29. The van der Waals surface area contributed by atoms with Gasteiger partial charge in [0.25, 0.3) is 0 Å². The summed E-state index contributed by atoms with van der Waals surface area (Å²) in [4.78, 5) is 9.20. The van der Waals surface area contributed by atoms with Crippen molar-refractivity contribution in [2.75, 3.05) is 7.11 Å². The van der Waals surface area contributed by atoms with Crippen LogP contribution in [0.5, 0.6) is 0 Å².